The smallest absolute Gasteiger partial charge is 0.0536 e. The number of aliphatic hydroxyl groups excluding tert-OH is 1. The highest BCUT2D eigenvalue weighted by Crippen LogP contribution is 2.43. The first-order valence-corrected chi connectivity index (χ1v) is 8.16. The van der Waals surface area contributed by atoms with Crippen molar-refractivity contribution in [3.63, 3.8) is 0 Å². The molecular weight excluding hydrogens is 258 g/mol. The van der Waals surface area contributed by atoms with E-state index < -0.39 is 0 Å². The zero-order chi connectivity index (χ0) is 13.1. The topological polar surface area (TPSA) is 41.5 Å². The number of nitrogens with one attached hydrogen (secondary N) is 1. The third-order valence-electron chi connectivity index (χ3n) is 4.47. The minimum atomic E-state index is 0.152. The van der Waals surface area contributed by atoms with Gasteiger partial charge in [-0.05, 0) is 43.0 Å². The molecule has 19 heavy (non-hydrogen) atoms. The molecule has 2 N–H and O–H groups in total. The van der Waals surface area contributed by atoms with Gasteiger partial charge in [0.15, 0.2) is 0 Å². The van der Waals surface area contributed by atoms with Crippen LogP contribution in [0.5, 0.6) is 0 Å². The van der Waals surface area contributed by atoms with Gasteiger partial charge in [-0.3, -0.25) is 0 Å². The number of hydrogen-bond donors (Lipinski definition) is 2. The van der Waals surface area contributed by atoms with Crippen LogP contribution in [0.1, 0.15) is 36.6 Å². The van der Waals surface area contributed by atoms with E-state index in [1.165, 1.54) is 17.7 Å². The van der Waals surface area contributed by atoms with Crippen LogP contribution in [0, 0.1) is 11.3 Å². The Morgan fingerprint density at radius 3 is 3.00 bits per heavy atom. The van der Waals surface area contributed by atoms with Crippen molar-refractivity contribution in [3.05, 3.63) is 22.4 Å². The number of rotatable bonds is 7. The van der Waals surface area contributed by atoms with Crippen molar-refractivity contribution >= 4 is 11.3 Å². The molecule has 3 rings (SSSR count). The minimum absolute atomic E-state index is 0.152. The van der Waals surface area contributed by atoms with Crippen molar-refractivity contribution in [3.8, 4) is 0 Å². The van der Waals surface area contributed by atoms with Crippen LogP contribution in [0.3, 0.4) is 0 Å². The number of thiophene rings is 1. The fourth-order valence-corrected chi connectivity index (χ4v) is 3.93. The molecule has 0 spiro atoms. The van der Waals surface area contributed by atoms with Crippen LogP contribution < -0.4 is 5.32 Å². The monoisotopic (exact) mass is 281 g/mol. The summed E-state index contributed by atoms with van der Waals surface area (Å²) in [6.07, 6.45) is 4.61. The summed E-state index contributed by atoms with van der Waals surface area (Å²) in [5.74, 6) is 0.812. The number of hydrogen-bond acceptors (Lipinski definition) is 4. The van der Waals surface area contributed by atoms with E-state index in [1.54, 1.807) is 0 Å². The van der Waals surface area contributed by atoms with E-state index in [0.29, 0.717) is 6.04 Å². The molecule has 1 aromatic heterocycles. The van der Waals surface area contributed by atoms with Gasteiger partial charge in [-0.25, -0.2) is 0 Å². The summed E-state index contributed by atoms with van der Waals surface area (Å²) in [6.45, 7) is 2.86. The SMILES string of the molecule is OCCC1(CNC(c2cccs2)C2CC2)CCOC1. The van der Waals surface area contributed by atoms with Gasteiger partial charge in [0.25, 0.3) is 0 Å². The second-order valence-electron chi connectivity index (χ2n) is 5.99. The summed E-state index contributed by atoms with van der Waals surface area (Å²) in [5, 5.41) is 15.2. The molecule has 1 saturated carbocycles. The molecule has 1 aliphatic heterocycles. The van der Waals surface area contributed by atoms with Gasteiger partial charge in [-0.15, -0.1) is 11.3 Å². The molecule has 2 heterocycles. The zero-order valence-corrected chi connectivity index (χ0v) is 12.1. The van der Waals surface area contributed by atoms with E-state index in [2.05, 4.69) is 22.8 Å². The lowest BCUT2D eigenvalue weighted by atomic mass is 9.83. The molecule has 0 aromatic carbocycles. The van der Waals surface area contributed by atoms with E-state index in [0.717, 1.165) is 38.5 Å². The van der Waals surface area contributed by atoms with Crippen LogP contribution in [0.4, 0.5) is 0 Å². The molecule has 4 heteroatoms. The van der Waals surface area contributed by atoms with E-state index in [4.69, 9.17) is 4.74 Å². The standard InChI is InChI=1S/C15H23NO2S/c17-7-5-15(6-8-18-11-15)10-16-14(12-3-4-12)13-2-1-9-19-13/h1-2,9,12,14,16-17H,3-8,10-11H2. The van der Waals surface area contributed by atoms with Crippen LogP contribution in [-0.4, -0.2) is 31.5 Å². The second kappa shape index (κ2) is 5.92. The zero-order valence-electron chi connectivity index (χ0n) is 11.3. The molecule has 2 aliphatic rings. The van der Waals surface area contributed by atoms with Crippen LogP contribution >= 0.6 is 11.3 Å². The molecule has 0 amide bonds. The van der Waals surface area contributed by atoms with Crippen molar-refractivity contribution in [2.24, 2.45) is 11.3 Å². The average molecular weight is 281 g/mol. The maximum atomic E-state index is 9.28. The van der Waals surface area contributed by atoms with Gasteiger partial charge in [0.2, 0.25) is 0 Å². The predicted molar refractivity (Wildman–Crippen MR) is 77.4 cm³/mol. The Kier molecular flexibility index (Phi) is 4.22. The van der Waals surface area contributed by atoms with E-state index in [9.17, 15) is 5.11 Å². The van der Waals surface area contributed by atoms with Crippen LogP contribution in [0.25, 0.3) is 0 Å². The number of aliphatic hydroxyl groups is 1. The summed E-state index contributed by atoms with van der Waals surface area (Å²) >= 11 is 1.85. The van der Waals surface area contributed by atoms with Gasteiger partial charge in [0.05, 0.1) is 6.61 Å². The van der Waals surface area contributed by atoms with Gasteiger partial charge < -0.3 is 15.2 Å². The first kappa shape index (κ1) is 13.6. The van der Waals surface area contributed by atoms with Gasteiger partial charge in [0, 0.05) is 36.1 Å². The third kappa shape index (κ3) is 3.19. The molecule has 2 fully saturated rings. The average Bonchev–Trinajstić information content (AvgIpc) is 2.92. The largest absolute Gasteiger partial charge is 0.396 e. The molecule has 0 bridgehead atoms. The van der Waals surface area contributed by atoms with Gasteiger partial charge in [-0.1, -0.05) is 6.07 Å². The van der Waals surface area contributed by atoms with Crippen LogP contribution in [0.2, 0.25) is 0 Å². The molecule has 106 valence electrons. The lowest BCUT2D eigenvalue weighted by Crippen LogP contribution is -2.38. The van der Waals surface area contributed by atoms with E-state index in [-0.39, 0.29) is 12.0 Å². The Balaban J connectivity index is 1.62. The maximum Gasteiger partial charge on any atom is 0.0536 e. The number of ether oxygens (including phenoxy) is 1. The van der Waals surface area contributed by atoms with E-state index in [1.807, 2.05) is 11.3 Å². The summed E-state index contributed by atoms with van der Waals surface area (Å²) in [7, 11) is 0. The summed E-state index contributed by atoms with van der Waals surface area (Å²) in [4.78, 5) is 1.46. The highest BCUT2D eigenvalue weighted by molar-refractivity contribution is 7.10. The molecule has 1 aromatic rings. The van der Waals surface area contributed by atoms with Crippen molar-refractivity contribution < 1.29 is 9.84 Å². The molecule has 2 atom stereocenters. The molecule has 1 aliphatic carbocycles. The van der Waals surface area contributed by atoms with Gasteiger partial charge >= 0.3 is 0 Å². The highest BCUT2D eigenvalue weighted by atomic mass is 32.1. The third-order valence-corrected chi connectivity index (χ3v) is 5.42. The Hall–Kier alpha value is -0.420. The first-order chi connectivity index (χ1) is 9.33. The lowest BCUT2D eigenvalue weighted by molar-refractivity contribution is 0.121. The van der Waals surface area contributed by atoms with Gasteiger partial charge in [0.1, 0.15) is 0 Å². The van der Waals surface area contributed by atoms with Crippen molar-refractivity contribution in [1.82, 2.24) is 5.32 Å². The first-order valence-electron chi connectivity index (χ1n) is 7.28. The van der Waals surface area contributed by atoms with Crippen LogP contribution in [-0.2, 0) is 4.74 Å². The fourth-order valence-electron chi connectivity index (χ4n) is 3.04. The van der Waals surface area contributed by atoms with Crippen molar-refractivity contribution in [2.75, 3.05) is 26.4 Å². The van der Waals surface area contributed by atoms with Gasteiger partial charge in [-0.2, -0.15) is 0 Å². The molecular formula is C15H23NO2S. The lowest BCUT2D eigenvalue weighted by Gasteiger charge is -2.29. The second-order valence-corrected chi connectivity index (χ2v) is 6.97. The normalized spacial score (nSPS) is 28.7. The predicted octanol–water partition coefficient (Wildman–Crippen LogP) is 2.58. The minimum Gasteiger partial charge on any atom is -0.396 e. The Labute approximate surface area is 119 Å². The molecule has 3 nitrogen and oxygen atoms in total. The maximum absolute atomic E-state index is 9.28. The quantitative estimate of drug-likeness (QED) is 0.807. The Morgan fingerprint density at radius 1 is 1.53 bits per heavy atom. The summed E-state index contributed by atoms with van der Waals surface area (Å²) in [5.41, 5.74) is 0.152. The van der Waals surface area contributed by atoms with Crippen molar-refractivity contribution in [1.29, 1.82) is 0 Å². The van der Waals surface area contributed by atoms with E-state index >= 15 is 0 Å². The Morgan fingerprint density at radius 2 is 2.42 bits per heavy atom. The molecule has 0 radical (unpaired) electrons. The highest BCUT2D eigenvalue weighted by Gasteiger charge is 2.38. The van der Waals surface area contributed by atoms with Crippen molar-refractivity contribution in [2.45, 2.75) is 31.7 Å². The molecule has 1 saturated heterocycles. The Bertz CT molecular complexity index is 383. The summed E-state index contributed by atoms with van der Waals surface area (Å²) < 4.78 is 5.56. The summed E-state index contributed by atoms with van der Waals surface area (Å²) in [6, 6.07) is 4.89. The fraction of sp³-hybridized carbons (Fsp3) is 0.733. The van der Waals surface area contributed by atoms with Crippen LogP contribution in [0.15, 0.2) is 17.5 Å². The molecule has 2 unspecified atom stereocenters.